The van der Waals surface area contributed by atoms with Crippen molar-refractivity contribution in [3.05, 3.63) is 40.9 Å². The molecular weight excluding hydrogens is 303 g/mol. The van der Waals surface area contributed by atoms with Crippen LogP contribution >= 0.6 is 0 Å². The van der Waals surface area contributed by atoms with Crippen LogP contribution in [0.25, 0.3) is 0 Å². The van der Waals surface area contributed by atoms with Crippen LogP contribution in [0.4, 0.5) is 0 Å². The molecule has 1 aromatic carbocycles. The Bertz CT molecular complexity index is 398. The van der Waals surface area contributed by atoms with E-state index < -0.39 is 0 Å². The standard InChI is InChI=1S/C16H22O2Se/c1-3-5-6-10-13-15(16(17)18-4-2)19-14-11-8-7-9-12-14/h7-9,11-13H,3-6,10H2,1-2H3/b15-13+. The second kappa shape index (κ2) is 9.82. The topological polar surface area (TPSA) is 26.3 Å². The molecule has 1 aromatic rings. The molecule has 19 heavy (non-hydrogen) atoms. The van der Waals surface area contributed by atoms with Crippen molar-refractivity contribution in [2.75, 3.05) is 6.61 Å². The fraction of sp³-hybridized carbons (Fsp3) is 0.438. The minimum atomic E-state index is -0.150. The molecule has 0 saturated heterocycles. The van der Waals surface area contributed by atoms with Gasteiger partial charge in [0.2, 0.25) is 0 Å². The first kappa shape index (κ1) is 16.0. The molecule has 104 valence electrons. The number of ether oxygens (including phenoxy) is 1. The average Bonchev–Trinajstić information content (AvgIpc) is 2.43. The molecule has 0 atom stereocenters. The van der Waals surface area contributed by atoms with E-state index in [0.717, 1.165) is 17.3 Å². The summed E-state index contributed by atoms with van der Waals surface area (Å²) in [7, 11) is 0. The number of hydrogen-bond acceptors (Lipinski definition) is 2. The normalized spacial score (nSPS) is 11.4. The number of rotatable bonds is 8. The Morgan fingerprint density at radius 2 is 1.95 bits per heavy atom. The summed E-state index contributed by atoms with van der Waals surface area (Å²) in [6, 6.07) is 10.2. The molecule has 0 spiro atoms. The summed E-state index contributed by atoms with van der Waals surface area (Å²) in [5, 5.41) is 0. The number of hydrogen-bond donors (Lipinski definition) is 0. The molecule has 0 aliphatic rings. The van der Waals surface area contributed by atoms with E-state index in [2.05, 4.69) is 25.1 Å². The summed E-state index contributed by atoms with van der Waals surface area (Å²) < 4.78 is 7.20. The number of unbranched alkanes of at least 4 members (excludes halogenated alkanes) is 3. The van der Waals surface area contributed by atoms with E-state index in [1.807, 2.05) is 25.1 Å². The average molecular weight is 325 g/mol. The molecule has 2 nitrogen and oxygen atoms in total. The number of allylic oxidation sites excluding steroid dienone is 1. The van der Waals surface area contributed by atoms with Crippen molar-refractivity contribution in [1.82, 2.24) is 0 Å². The first-order valence-electron chi connectivity index (χ1n) is 6.88. The van der Waals surface area contributed by atoms with Gasteiger partial charge in [-0.15, -0.1) is 0 Å². The molecule has 0 amide bonds. The molecule has 0 aliphatic heterocycles. The Balaban J connectivity index is 2.66. The second-order valence-corrected chi connectivity index (χ2v) is 6.54. The molecule has 0 radical (unpaired) electrons. The van der Waals surface area contributed by atoms with Crippen LogP contribution in [0.15, 0.2) is 40.9 Å². The fourth-order valence-corrected chi connectivity index (χ4v) is 3.48. The van der Waals surface area contributed by atoms with Crippen LogP contribution in [-0.2, 0) is 9.53 Å². The number of esters is 1. The molecule has 3 heteroatoms. The van der Waals surface area contributed by atoms with Gasteiger partial charge in [-0.3, -0.25) is 0 Å². The molecule has 0 N–H and O–H groups in total. The SMILES string of the molecule is CCCCC/C=C(/[Se]c1ccccc1)C(=O)OCC. The van der Waals surface area contributed by atoms with Gasteiger partial charge in [0.15, 0.2) is 0 Å². The van der Waals surface area contributed by atoms with Crippen LogP contribution < -0.4 is 4.46 Å². The van der Waals surface area contributed by atoms with E-state index >= 15 is 0 Å². The van der Waals surface area contributed by atoms with Gasteiger partial charge in [-0.05, 0) is 0 Å². The zero-order chi connectivity index (χ0) is 13.9. The first-order chi connectivity index (χ1) is 9.27. The van der Waals surface area contributed by atoms with E-state index in [9.17, 15) is 4.79 Å². The molecule has 0 heterocycles. The Kier molecular flexibility index (Phi) is 8.28. The van der Waals surface area contributed by atoms with Crippen LogP contribution in [0.3, 0.4) is 0 Å². The van der Waals surface area contributed by atoms with Gasteiger partial charge in [0.25, 0.3) is 0 Å². The van der Waals surface area contributed by atoms with E-state index in [1.165, 1.54) is 17.3 Å². The molecule has 0 unspecified atom stereocenters. The van der Waals surface area contributed by atoms with Gasteiger partial charge in [0.1, 0.15) is 0 Å². The van der Waals surface area contributed by atoms with E-state index in [0.29, 0.717) is 6.61 Å². The molecule has 0 saturated carbocycles. The van der Waals surface area contributed by atoms with Gasteiger partial charge < -0.3 is 0 Å². The maximum absolute atomic E-state index is 11.9. The van der Waals surface area contributed by atoms with Crippen LogP contribution in [0.5, 0.6) is 0 Å². The van der Waals surface area contributed by atoms with Gasteiger partial charge in [0, 0.05) is 0 Å². The number of carbonyl (C=O) groups excluding carboxylic acids is 1. The summed E-state index contributed by atoms with van der Waals surface area (Å²) in [5.74, 6) is -0.150. The summed E-state index contributed by atoms with van der Waals surface area (Å²) in [4.78, 5) is 11.9. The van der Waals surface area contributed by atoms with Crippen molar-refractivity contribution in [1.29, 1.82) is 0 Å². The van der Waals surface area contributed by atoms with Crippen LogP contribution in [0.1, 0.15) is 39.5 Å². The predicted octanol–water partition coefficient (Wildman–Crippen LogP) is 3.04. The number of benzene rings is 1. The Hall–Kier alpha value is -1.05. The van der Waals surface area contributed by atoms with Gasteiger partial charge in [-0.1, -0.05) is 0 Å². The molecule has 0 aliphatic carbocycles. The summed E-state index contributed by atoms with van der Waals surface area (Å²) in [6.07, 6.45) is 6.60. The number of carbonyl (C=O) groups is 1. The van der Waals surface area contributed by atoms with Crippen LogP contribution in [0.2, 0.25) is 0 Å². The Labute approximate surface area is 122 Å². The van der Waals surface area contributed by atoms with Crippen molar-refractivity contribution >= 4 is 25.4 Å². The second-order valence-electron chi connectivity index (χ2n) is 4.20. The van der Waals surface area contributed by atoms with E-state index in [-0.39, 0.29) is 20.9 Å². The quantitative estimate of drug-likeness (QED) is 0.318. The van der Waals surface area contributed by atoms with Gasteiger partial charge >= 0.3 is 122 Å². The van der Waals surface area contributed by atoms with Gasteiger partial charge in [0.05, 0.1) is 0 Å². The third kappa shape index (κ3) is 6.60. The van der Waals surface area contributed by atoms with Crippen molar-refractivity contribution in [3.8, 4) is 0 Å². The third-order valence-electron chi connectivity index (χ3n) is 2.59. The van der Waals surface area contributed by atoms with Gasteiger partial charge in [-0.25, -0.2) is 0 Å². The van der Waals surface area contributed by atoms with Gasteiger partial charge in [-0.2, -0.15) is 0 Å². The first-order valence-corrected chi connectivity index (χ1v) is 8.59. The maximum atomic E-state index is 11.9. The van der Waals surface area contributed by atoms with Crippen LogP contribution in [-0.4, -0.2) is 27.5 Å². The molecule has 0 bridgehead atoms. The monoisotopic (exact) mass is 326 g/mol. The third-order valence-corrected chi connectivity index (χ3v) is 4.81. The minimum absolute atomic E-state index is 0.0414. The fourth-order valence-electron chi connectivity index (χ4n) is 1.61. The summed E-state index contributed by atoms with van der Waals surface area (Å²) >= 11 is 0.0414. The van der Waals surface area contributed by atoms with Crippen molar-refractivity contribution < 1.29 is 9.53 Å². The summed E-state index contributed by atoms with van der Waals surface area (Å²) in [5.41, 5.74) is 0. The van der Waals surface area contributed by atoms with Crippen molar-refractivity contribution in [2.45, 2.75) is 39.5 Å². The molecular formula is C16H22O2Se. The zero-order valence-corrected chi connectivity index (χ0v) is 13.4. The molecule has 0 aromatic heterocycles. The van der Waals surface area contributed by atoms with Crippen LogP contribution in [0, 0.1) is 0 Å². The van der Waals surface area contributed by atoms with E-state index in [4.69, 9.17) is 4.74 Å². The Morgan fingerprint density at radius 1 is 1.21 bits per heavy atom. The Morgan fingerprint density at radius 3 is 2.58 bits per heavy atom. The van der Waals surface area contributed by atoms with Crippen molar-refractivity contribution in [2.24, 2.45) is 0 Å². The predicted molar refractivity (Wildman–Crippen MR) is 80.7 cm³/mol. The van der Waals surface area contributed by atoms with Crippen molar-refractivity contribution in [3.63, 3.8) is 0 Å². The zero-order valence-electron chi connectivity index (χ0n) is 11.7. The molecule has 1 rings (SSSR count). The van der Waals surface area contributed by atoms with E-state index in [1.54, 1.807) is 0 Å². The summed E-state index contributed by atoms with van der Waals surface area (Å²) in [6.45, 7) is 4.47. The molecule has 0 fully saturated rings.